The molecule has 1 aromatic rings. The van der Waals surface area contributed by atoms with Crippen molar-refractivity contribution in [1.82, 2.24) is 5.43 Å². The summed E-state index contributed by atoms with van der Waals surface area (Å²) >= 11 is 11.2. The molecule has 0 aliphatic carbocycles. The predicted molar refractivity (Wildman–Crippen MR) is 79.2 cm³/mol. The highest BCUT2D eigenvalue weighted by molar-refractivity contribution is 9.40. The minimum Gasteiger partial charge on any atom is -0.266 e. The summed E-state index contributed by atoms with van der Waals surface area (Å²) < 4.78 is -0.579. The third-order valence-electron chi connectivity index (χ3n) is 1.61. The van der Waals surface area contributed by atoms with E-state index in [1.807, 2.05) is 6.07 Å². The number of amides is 1. The van der Waals surface area contributed by atoms with Gasteiger partial charge in [-0.05, 0) is 18.6 Å². The molecule has 88 valence electrons. The van der Waals surface area contributed by atoms with E-state index in [2.05, 4.69) is 65.2 Å². The Morgan fingerprint density at radius 3 is 2.75 bits per heavy atom. The summed E-state index contributed by atoms with van der Waals surface area (Å²) in [5.41, 5.74) is 2.44. The zero-order valence-electron chi connectivity index (χ0n) is 8.34. The summed E-state index contributed by atoms with van der Waals surface area (Å²) in [4.78, 5) is 13.4. The summed E-state index contributed by atoms with van der Waals surface area (Å²) in [5.74, 6) is -0.197. The van der Waals surface area contributed by atoms with Crippen LogP contribution in [0.3, 0.4) is 0 Å². The number of carbonyl (C=O) groups excluding carboxylic acids is 1. The van der Waals surface area contributed by atoms with Crippen molar-refractivity contribution in [3.63, 3.8) is 0 Å². The molecule has 1 amide bonds. The normalized spacial score (nSPS) is 12.0. The van der Waals surface area contributed by atoms with Crippen LogP contribution in [0.1, 0.15) is 21.5 Å². The highest BCUT2D eigenvalue weighted by Gasteiger charge is 2.14. The zero-order chi connectivity index (χ0) is 12.2. The maximum atomic E-state index is 11.6. The van der Waals surface area contributed by atoms with Gasteiger partial charge in [-0.3, -0.25) is 4.79 Å². The monoisotopic (exact) mass is 430 g/mol. The SMILES string of the molecule is CCc1ccc(C(=O)NN=CC(Br)(Br)Br)s1. The van der Waals surface area contributed by atoms with E-state index < -0.39 is 2.14 Å². The van der Waals surface area contributed by atoms with Gasteiger partial charge in [-0.25, -0.2) is 5.43 Å². The molecular formula is C9H9Br3N2OS. The standard InChI is InChI=1S/C9H9Br3N2OS/c1-2-6-3-4-7(16-6)8(15)14-13-5-9(10,11)12/h3-5H,2H2,1H3,(H,14,15). The molecule has 0 radical (unpaired) electrons. The Morgan fingerprint density at radius 2 is 2.25 bits per heavy atom. The second-order valence-electron chi connectivity index (χ2n) is 2.86. The van der Waals surface area contributed by atoms with E-state index in [1.54, 1.807) is 6.07 Å². The number of hydrogen-bond acceptors (Lipinski definition) is 3. The second kappa shape index (κ2) is 6.28. The fourth-order valence-corrected chi connectivity index (χ4v) is 2.05. The van der Waals surface area contributed by atoms with Crippen LogP contribution in [0.5, 0.6) is 0 Å². The number of hydrazone groups is 1. The van der Waals surface area contributed by atoms with E-state index in [9.17, 15) is 4.79 Å². The lowest BCUT2D eigenvalue weighted by molar-refractivity contribution is 0.0959. The van der Waals surface area contributed by atoms with Crippen LogP contribution >= 0.6 is 59.1 Å². The molecule has 0 fully saturated rings. The Hall–Kier alpha value is 0.280. The van der Waals surface area contributed by atoms with Gasteiger partial charge >= 0.3 is 0 Å². The predicted octanol–water partition coefficient (Wildman–Crippen LogP) is 3.86. The van der Waals surface area contributed by atoms with Gasteiger partial charge in [0.15, 0.2) is 2.14 Å². The number of hydrogen-bond donors (Lipinski definition) is 1. The van der Waals surface area contributed by atoms with Crippen molar-refractivity contribution in [1.29, 1.82) is 0 Å². The number of nitrogens with one attached hydrogen (secondary N) is 1. The van der Waals surface area contributed by atoms with E-state index in [1.165, 1.54) is 22.4 Å². The van der Waals surface area contributed by atoms with Crippen molar-refractivity contribution in [3.05, 3.63) is 21.9 Å². The first-order valence-corrected chi connectivity index (χ1v) is 7.62. The second-order valence-corrected chi connectivity index (χ2v) is 11.0. The molecule has 0 bridgehead atoms. The van der Waals surface area contributed by atoms with Crippen LogP contribution in [0.15, 0.2) is 17.2 Å². The van der Waals surface area contributed by atoms with Gasteiger partial charge in [-0.1, -0.05) is 54.7 Å². The molecule has 16 heavy (non-hydrogen) atoms. The van der Waals surface area contributed by atoms with Gasteiger partial charge in [0, 0.05) is 4.88 Å². The molecule has 0 aromatic carbocycles. The molecule has 3 nitrogen and oxygen atoms in total. The third kappa shape index (κ3) is 5.07. The Labute approximate surface area is 123 Å². The summed E-state index contributed by atoms with van der Waals surface area (Å²) in [7, 11) is 0. The van der Waals surface area contributed by atoms with Gasteiger partial charge in [0.25, 0.3) is 5.91 Å². The lowest BCUT2D eigenvalue weighted by Crippen LogP contribution is -2.17. The summed E-state index contributed by atoms with van der Waals surface area (Å²) in [6, 6.07) is 3.76. The largest absolute Gasteiger partial charge is 0.281 e. The van der Waals surface area contributed by atoms with Crippen LogP contribution in [-0.2, 0) is 6.42 Å². The summed E-state index contributed by atoms with van der Waals surface area (Å²) in [5, 5.41) is 3.80. The fraction of sp³-hybridized carbons (Fsp3) is 0.333. The number of alkyl halides is 3. The Bertz CT molecular complexity index is 398. The van der Waals surface area contributed by atoms with E-state index in [4.69, 9.17) is 0 Å². The molecule has 0 aliphatic rings. The molecule has 1 N–H and O–H groups in total. The van der Waals surface area contributed by atoms with Gasteiger partial charge in [-0.2, -0.15) is 5.10 Å². The van der Waals surface area contributed by atoms with Crippen LogP contribution in [0, 0.1) is 0 Å². The molecule has 1 heterocycles. The van der Waals surface area contributed by atoms with Gasteiger partial charge in [-0.15, -0.1) is 11.3 Å². The van der Waals surface area contributed by atoms with Crippen molar-refractivity contribution in [2.24, 2.45) is 5.10 Å². The molecule has 0 aliphatic heterocycles. The van der Waals surface area contributed by atoms with Crippen molar-refractivity contribution < 1.29 is 4.79 Å². The van der Waals surface area contributed by atoms with E-state index in [0.717, 1.165) is 6.42 Å². The molecule has 0 atom stereocenters. The number of thiophene rings is 1. The molecule has 1 aromatic heterocycles. The molecule has 7 heteroatoms. The number of nitrogens with zero attached hydrogens (tertiary/aromatic N) is 1. The third-order valence-corrected chi connectivity index (χ3v) is 3.45. The summed E-state index contributed by atoms with van der Waals surface area (Å²) in [6.45, 7) is 2.06. The molecular weight excluding hydrogens is 424 g/mol. The topological polar surface area (TPSA) is 41.5 Å². The van der Waals surface area contributed by atoms with Crippen molar-refractivity contribution in [2.75, 3.05) is 0 Å². The lowest BCUT2D eigenvalue weighted by atomic mass is 10.3. The number of rotatable bonds is 3. The Balaban J connectivity index is 2.56. The number of halogens is 3. The minimum atomic E-state index is -0.579. The molecule has 0 saturated carbocycles. The van der Waals surface area contributed by atoms with Crippen LogP contribution in [0.2, 0.25) is 0 Å². The van der Waals surface area contributed by atoms with Crippen LogP contribution in [0.25, 0.3) is 0 Å². The van der Waals surface area contributed by atoms with Gasteiger partial charge in [0.1, 0.15) is 0 Å². The fourth-order valence-electron chi connectivity index (χ4n) is 0.909. The summed E-state index contributed by atoms with van der Waals surface area (Å²) in [6.07, 6.45) is 2.42. The minimum absolute atomic E-state index is 0.197. The molecule has 0 spiro atoms. The van der Waals surface area contributed by atoms with Crippen molar-refractivity contribution in [2.45, 2.75) is 15.5 Å². The van der Waals surface area contributed by atoms with Crippen molar-refractivity contribution >= 4 is 71.2 Å². The molecule has 0 unspecified atom stereocenters. The maximum absolute atomic E-state index is 11.6. The quantitative estimate of drug-likeness (QED) is 0.440. The van der Waals surface area contributed by atoms with Crippen LogP contribution in [-0.4, -0.2) is 14.3 Å². The highest BCUT2D eigenvalue weighted by atomic mass is 80.0. The highest BCUT2D eigenvalue weighted by Crippen LogP contribution is 2.30. The van der Waals surface area contributed by atoms with Gasteiger partial charge in [0.05, 0.1) is 11.1 Å². The zero-order valence-corrected chi connectivity index (χ0v) is 13.9. The van der Waals surface area contributed by atoms with E-state index in [-0.39, 0.29) is 5.91 Å². The average molecular weight is 433 g/mol. The van der Waals surface area contributed by atoms with Gasteiger partial charge < -0.3 is 0 Å². The first-order valence-electron chi connectivity index (χ1n) is 4.42. The first kappa shape index (κ1) is 14.3. The Kier molecular flexibility index (Phi) is 5.63. The first-order chi connectivity index (χ1) is 7.42. The maximum Gasteiger partial charge on any atom is 0.281 e. The van der Waals surface area contributed by atoms with Gasteiger partial charge in [0.2, 0.25) is 0 Å². The van der Waals surface area contributed by atoms with E-state index >= 15 is 0 Å². The lowest BCUT2D eigenvalue weighted by Gasteiger charge is -2.02. The number of aryl methyl sites for hydroxylation is 1. The molecule has 0 saturated heterocycles. The Morgan fingerprint density at radius 1 is 1.56 bits per heavy atom. The smallest absolute Gasteiger partial charge is 0.266 e. The van der Waals surface area contributed by atoms with Crippen molar-refractivity contribution in [3.8, 4) is 0 Å². The van der Waals surface area contributed by atoms with Crippen LogP contribution in [0.4, 0.5) is 0 Å². The van der Waals surface area contributed by atoms with Crippen LogP contribution < -0.4 is 5.43 Å². The molecule has 1 rings (SSSR count). The number of carbonyl (C=O) groups is 1. The average Bonchev–Trinajstić information content (AvgIpc) is 2.63. The van der Waals surface area contributed by atoms with E-state index in [0.29, 0.717) is 4.88 Å².